The van der Waals surface area contributed by atoms with Crippen LogP contribution in [0, 0.1) is 5.92 Å². The van der Waals surface area contributed by atoms with Crippen LogP contribution in [-0.2, 0) is 14.4 Å². The maximum Gasteiger partial charge on any atom is 0.230 e. The summed E-state index contributed by atoms with van der Waals surface area (Å²) >= 11 is 2.91. The van der Waals surface area contributed by atoms with E-state index < -0.39 is 0 Å². The summed E-state index contributed by atoms with van der Waals surface area (Å²) in [6.45, 7) is 2.99. The van der Waals surface area contributed by atoms with Crippen LogP contribution in [0.4, 0.5) is 10.8 Å². The van der Waals surface area contributed by atoms with Crippen molar-refractivity contribution in [3.8, 4) is 0 Å². The zero-order chi connectivity index (χ0) is 24.2. The molecule has 2 aliphatic heterocycles. The van der Waals surface area contributed by atoms with Gasteiger partial charge in [0.15, 0.2) is 4.34 Å². The molecular formula is C24H30N6O3S2. The summed E-state index contributed by atoms with van der Waals surface area (Å²) in [6, 6.07) is 9.86. The first-order chi connectivity index (χ1) is 17.1. The third-order valence-electron chi connectivity index (χ3n) is 6.85. The molecule has 1 unspecified atom stereocenters. The lowest BCUT2D eigenvalue weighted by atomic mass is 10.1. The Hall–Kier alpha value is -2.66. The van der Waals surface area contributed by atoms with Crippen molar-refractivity contribution in [2.75, 3.05) is 48.3 Å². The average Bonchev–Trinajstić information content (AvgIpc) is 3.65. The largest absolute Gasteiger partial charge is 0.353 e. The molecule has 3 heterocycles. The quantitative estimate of drug-likeness (QED) is 0.567. The normalized spacial score (nSPS) is 21.1. The number of nitrogens with one attached hydrogen (secondary N) is 1. The maximum atomic E-state index is 13.1. The summed E-state index contributed by atoms with van der Waals surface area (Å²) in [5.41, 5.74) is 0.846. The van der Waals surface area contributed by atoms with Crippen LogP contribution in [0.25, 0.3) is 0 Å². The van der Waals surface area contributed by atoms with Gasteiger partial charge in [0.2, 0.25) is 22.9 Å². The number of thioether (sulfide) groups is 1. The third-order valence-corrected chi connectivity index (χ3v) is 8.96. The molecular weight excluding hydrogens is 484 g/mol. The Balaban J connectivity index is 1.08. The molecule has 3 aliphatic rings. The molecule has 186 valence electrons. The summed E-state index contributed by atoms with van der Waals surface area (Å²) in [6.07, 6.45) is 4.81. The minimum Gasteiger partial charge on any atom is -0.353 e. The fourth-order valence-corrected chi connectivity index (χ4v) is 6.67. The van der Waals surface area contributed by atoms with E-state index in [0.717, 1.165) is 28.0 Å². The van der Waals surface area contributed by atoms with Crippen molar-refractivity contribution in [3.05, 3.63) is 30.3 Å². The first-order valence-electron chi connectivity index (χ1n) is 12.2. The van der Waals surface area contributed by atoms with Gasteiger partial charge in [-0.2, -0.15) is 0 Å². The molecule has 0 radical (unpaired) electrons. The van der Waals surface area contributed by atoms with Crippen molar-refractivity contribution >= 4 is 51.6 Å². The van der Waals surface area contributed by atoms with Crippen LogP contribution in [0.5, 0.6) is 0 Å². The molecule has 2 saturated heterocycles. The highest BCUT2D eigenvalue weighted by atomic mass is 32.2. The zero-order valence-electron chi connectivity index (χ0n) is 19.6. The molecule has 0 spiro atoms. The molecule has 9 nitrogen and oxygen atoms in total. The van der Waals surface area contributed by atoms with Crippen LogP contribution in [-0.4, -0.2) is 77.3 Å². The van der Waals surface area contributed by atoms with Crippen LogP contribution in [0.1, 0.15) is 32.1 Å². The molecule has 1 saturated carbocycles. The van der Waals surface area contributed by atoms with E-state index in [1.54, 1.807) is 4.90 Å². The molecule has 1 aromatic carbocycles. The second-order valence-corrected chi connectivity index (χ2v) is 11.4. The van der Waals surface area contributed by atoms with Gasteiger partial charge in [0.05, 0.1) is 11.7 Å². The molecule has 35 heavy (non-hydrogen) atoms. The van der Waals surface area contributed by atoms with Crippen LogP contribution in [0.3, 0.4) is 0 Å². The molecule has 3 fully saturated rings. The summed E-state index contributed by atoms with van der Waals surface area (Å²) in [7, 11) is 0. The topological polar surface area (TPSA) is 98.7 Å². The first kappa shape index (κ1) is 24.1. The molecule has 5 rings (SSSR count). The van der Waals surface area contributed by atoms with Crippen molar-refractivity contribution < 1.29 is 14.4 Å². The predicted octanol–water partition coefficient (Wildman–Crippen LogP) is 2.39. The van der Waals surface area contributed by atoms with Crippen LogP contribution in [0.15, 0.2) is 34.7 Å². The molecule has 1 atom stereocenters. The summed E-state index contributed by atoms with van der Waals surface area (Å²) in [5.74, 6) is 0.173. The highest BCUT2D eigenvalue weighted by Crippen LogP contribution is 2.30. The van der Waals surface area contributed by atoms with E-state index in [0.29, 0.717) is 44.5 Å². The molecule has 3 amide bonds. The van der Waals surface area contributed by atoms with Gasteiger partial charge in [-0.1, -0.05) is 54.1 Å². The third kappa shape index (κ3) is 5.78. The summed E-state index contributed by atoms with van der Waals surface area (Å²) in [5, 5.41) is 12.5. The Bertz CT molecular complexity index is 1050. The van der Waals surface area contributed by atoms with Crippen molar-refractivity contribution in [1.29, 1.82) is 0 Å². The van der Waals surface area contributed by atoms with Gasteiger partial charge in [0.25, 0.3) is 0 Å². The summed E-state index contributed by atoms with van der Waals surface area (Å²) < 4.78 is 0.783. The van der Waals surface area contributed by atoms with E-state index in [1.807, 2.05) is 35.2 Å². The number of nitrogens with zero attached hydrogens (tertiary/aromatic N) is 5. The Morgan fingerprint density at radius 1 is 1.06 bits per heavy atom. The van der Waals surface area contributed by atoms with Crippen molar-refractivity contribution in [3.63, 3.8) is 0 Å². The van der Waals surface area contributed by atoms with E-state index in [1.165, 1.54) is 35.9 Å². The van der Waals surface area contributed by atoms with Gasteiger partial charge in [0, 0.05) is 50.9 Å². The second kappa shape index (κ2) is 10.9. The lowest BCUT2D eigenvalue weighted by molar-refractivity contribution is -0.136. The first-order valence-corrected chi connectivity index (χ1v) is 14.0. The molecule has 1 N–H and O–H groups in total. The number of benzene rings is 1. The minimum atomic E-state index is -0.297. The standard InChI is InChI=1S/C24H30N6O3S2/c31-20(25-18-6-4-5-7-18)16-34-24-27-26-23(35-24)29-12-10-28(11-13-29)22(33)17-14-21(32)30(15-17)19-8-2-1-3-9-19/h1-3,8-9,17-18H,4-7,10-16H2,(H,25,31). The number of piperazine rings is 1. The van der Waals surface area contributed by atoms with Gasteiger partial charge in [-0.15, -0.1) is 10.2 Å². The number of hydrogen-bond acceptors (Lipinski definition) is 8. The number of para-hydroxylation sites is 1. The second-order valence-electron chi connectivity index (χ2n) is 9.24. The minimum absolute atomic E-state index is 0.00370. The van der Waals surface area contributed by atoms with Gasteiger partial charge in [-0.25, -0.2) is 0 Å². The van der Waals surface area contributed by atoms with E-state index in [9.17, 15) is 14.4 Å². The smallest absolute Gasteiger partial charge is 0.230 e. The Labute approximate surface area is 213 Å². The highest BCUT2D eigenvalue weighted by Gasteiger charge is 2.38. The van der Waals surface area contributed by atoms with E-state index in [4.69, 9.17) is 0 Å². The fraction of sp³-hybridized carbons (Fsp3) is 0.542. The predicted molar refractivity (Wildman–Crippen MR) is 137 cm³/mol. The van der Waals surface area contributed by atoms with E-state index in [2.05, 4.69) is 20.4 Å². The van der Waals surface area contributed by atoms with Crippen LogP contribution < -0.4 is 15.1 Å². The molecule has 11 heteroatoms. The van der Waals surface area contributed by atoms with Crippen molar-refractivity contribution in [1.82, 2.24) is 20.4 Å². The number of aromatic nitrogens is 2. The lowest BCUT2D eigenvalue weighted by Crippen LogP contribution is -2.50. The van der Waals surface area contributed by atoms with Crippen molar-refractivity contribution in [2.24, 2.45) is 5.92 Å². The van der Waals surface area contributed by atoms with Gasteiger partial charge in [-0.3, -0.25) is 14.4 Å². The van der Waals surface area contributed by atoms with Crippen LogP contribution in [0.2, 0.25) is 0 Å². The number of rotatable bonds is 7. The number of hydrogen-bond donors (Lipinski definition) is 1. The average molecular weight is 515 g/mol. The number of anilines is 2. The van der Waals surface area contributed by atoms with Crippen molar-refractivity contribution in [2.45, 2.75) is 42.5 Å². The SMILES string of the molecule is O=C(CSc1nnc(N2CCN(C(=O)C3CC(=O)N(c4ccccc4)C3)CC2)s1)NC1CCCC1. The monoisotopic (exact) mass is 514 g/mol. The number of carbonyl (C=O) groups excluding carboxylic acids is 3. The Morgan fingerprint density at radius 2 is 1.80 bits per heavy atom. The Morgan fingerprint density at radius 3 is 2.54 bits per heavy atom. The van der Waals surface area contributed by atoms with E-state index >= 15 is 0 Å². The summed E-state index contributed by atoms with van der Waals surface area (Å²) in [4.78, 5) is 43.5. The lowest BCUT2D eigenvalue weighted by Gasteiger charge is -2.35. The van der Waals surface area contributed by atoms with E-state index in [-0.39, 0.29) is 30.1 Å². The highest BCUT2D eigenvalue weighted by molar-refractivity contribution is 8.01. The van der Waals surface area contributed by atoms with Gasteiger partial charge >= 0.3 is 0 Å². The molecule has 0 bridgehead atoms. The number of amides is 3. The fourth-order valence-electron chi connectivity index (χ4n) is 4.96. The van der Waals surface area contributed by atoms with Gasteiger partial charge < -0.3 is 20.0 Å². The van der Waals surface area contributed by atoms with Gasteiger partial charge in [-0.05, 0) is 25.0 Å². The zero-order valence-corrected chi connectivity index (χ0v) is 21.2. The Kier molecular flexibility index (Phi) is 7.52. The maximum absolute atomic E-state index is 13.1. The number of carbonyl (C=O) groups is 3. The molecule has 1 aromatic heterocycles. The van der Waals surface area contributed by atoms with Gasteiger partial charge in [0.1, 0.15) is 0 Å². The molecule has 2 aromatic rings. The molecule has 1 aliphatic carbocycles. The van der Waals surface area contributed by atoms with Crippen LogP contribution >= 0.6 is 23.1 Å².